The summed E-state index contributed by atoms with van der Waals surface area (Å²) in [6, 6.07) is 0.0385. The highest BCUT2D eigenvalue weighted by atomic mass is 32.2. The Morgan fingerprint density at radius 1 is 1.53 bits per heavy atom. The van der Waals surface area contributed by atoms with Gasteiger partial charge in [-0.05, 0) is 44.1 Å². The molecule has 2 heterocycles. The summed E-state index contributed by atoms with van der Waals surface area (Å²) in [5, 5.41) is 0.304. The molecule has 0 bridgehead atoms. The molecule has 1 spiro atoms. The van der Waals surface area contributed by atoms with Crippen molar-refractivity contribution in [2.45, 2.75) is 49.5 Å². The molecule has 3 unspecified atom stereocenters. The molecule has 0 radical (unpaired) electrons. The van der Waals surface area contributed by atoms with Crippen molar-refractivity contribution in [1.29, 1.82) is 0 Å². The van der Waals surface area contributed by atoms with Crippen molar-refractivity contribution in [3.05, 3.63) is 0 Å². The van der Waals surface area contributed by atoms with Gasteiger partial charge >= 0.3 is 0 Å². The van der Waals surface area contributed by atoms with Crippen LogP contribution in [0.3, 0.4) is 0 Å². The first kappa shape index (κ1) is 13.8. The van der Waals surface area contributed by atoms with Crippen LogP contribution in [0, 0.1) is 0 Å². The summed E-state index contributed by atoms with van der Waals surface area (Å²) in [6.45, 7) is 2.71. The fraction of sp³-hybridized carbons (Fsp3) is 1.00. The molecule has 0 aromatic rings. The predicted molar refractivity (Wildman–Crippen MR) is 74.9 cm³/mol. The molecule has 2 fully saturated rings. The lowest BCUT2D eigenvalue weighted by molar-refractivity contribution is -0.0809. The first-order valence-corrected chi connectivity index (χ1v) is 8.99. The van der Waals surface area contributed by atoms with Crippen LogP contribution in [0.15, 0.2) is 0 Å². The van der Waals surface area contributed by atoms with E-state index in [-0.39, 0.29) is 11.6 Å². The molecule has 17 heavy (non-hydrogen) atoms. The van der Waals surface area contributed by atoms with Gasteiger partial charge in [-0.1, -0.05) is 0 Å². The maximum absolute atomic E-state index is 12.2. The Balaban J connectivity index is 1.94. The molecule has 2 aliphatic heterocycles. The Bertz CT molecular complexity index is 272. The second-order valence-electron chi connectivity index (χ2n) is 5.28. The van der Waals surface area contributed by atoms with E-state index in [9.17, 15) is 4.21 Å². The molecule has 0 aliphatic carbocycles. The minimum absolute atomic E-state index is 0.0385. The minimum Gasteiger partial charge on any atom is -0.375 e. The third kappa shape index (κ3) is 3.69. The number of rotatable bonds is 3. The Morgan fingerprint density at radius 2 is 2.24 bits per heavy atom. The topological polar surface area (TPSA) is 52.3 Å². The van der Waals surface area contributed by atoms with E-state index < -0.39 is 10.8 Å². The molecule has 0 aromatic heterocycles. The van der Waals surface area contributed by atoms with Gasteiger partial charge in [-0.25, -0.2) is 0 Å². The summed E-state index contributed by atoms with van der Waals surface area (Å²) in [6.07, 6.45) is 4.17. The quantitative estimate of drug-likeness (QED) is 0.850. The van der Waals surface area contributed by atoms with Crippen molar-refractivity contribution in [2.75, 3.05) is 23.9 Å². The lowest BCUT2D eigenvalue weighted by Gasteiger charge is -2.43. The number of nitrogens with two attached hydrogens (primary N) is 1. The van der Waals surface area contributed by atoms with E-state index in [1.807, 2.05) is 18.7 Å². The standard InChI is InChI=1S/C12H23NO2S2/c1-10(13)9-17(14)11-2-5-15-12(8-11)3-6-16-7-4-12/h10-11H,2-9,13H2,1H3. The SMILES string of the molecule is CC(N)CS(=O)C1CCOC2(CCSCC2)C1. The van der Waals surface area contributed by atoms with Gasteiger partial charge in [0.1, 0.15) is 0 Å². The summed E-state index contributed by atoms with van der Waals surface area (Å²) in [5.74, 6) is 3.01. The van der Waals surface area contributed by atoms with Gasteiger partial charge in [0.25, 0.3) is 0 Å². The van der Waals surface area contributed by atoms with E-state index in [1.54, 1.807) is 0 Å². The van der Waals surface area contributed by atoms with Crippen molar-refractivity contribution in [3.63, 3.8) is 0 Å². The highest BCUT2D eigenvalue weighted by Crippen LogP contribution is 2.38. The second kappa shape index (κ2) is 6.04. The summed E-state index contributed by atoms with van der Waals surface area (Å²) in [7, 11) is -0.776. The molecular weight excluding hydrogens is 254 g/mol. The molecule has 2 N–H and O–H groups in total. The lowest BCUT2D eigenvalue weighted by atomic mass is 9.88. The van der Waals surface area contributed by atoms with Gasteiger partial charge in [0.2, 0.25) is 0 Å². The molecule has 3 atom stereocenters. The number of ether oxygens (including phenoxy) is 1. The van der Waals surface area contributed by atoms with Crippen LogP contribution in [0.5, 0.6) is 0 Å². The van der Waals surface area contributed by atoms with Crippen molar-refractivity contribution in [3.8, 4) is 0 Å². The average molecular weight is 277 g/mol. The van der Waals surface area contributed by atoms with E-state index in [4.69, 9.17) is 10.5 Å². The van der Waals surface area contributed by atoms with E-state index in [0.717, 1.165) is 32.3 Å². The smallest absolute Gasteiger partial charge is 0.0709 e. The van der Waals surface area contributed by atoms with Gasteiger partial charge < -0.3 is 10.5 Å². The monoisotopic (exact) mass is 277 g/mol. The normalized spacial score (nSPS) is 32.2. The predicted octanol–water partition coefficient (Wildman–Crippen LogP) is 1.53. The van der Waals surface area contributed by atoms with Gasteiger partial charge in [0, 0.05) is 34.5 Å². The Morgan fingerprint density at radius 3 is 2.88 bits per heavy atom. The van der Waals surface area contributed by atoms with Gasteiger partial charge in [-0.3, -0.25) is 4.21 Å². The van der Waals surface area contributed by atoms with Gasteiger partial charge in [-0.2, -0.15) is 11.8 Å². The van der Waals surface area contributed by atoms with Crippen LogP contribution < -0.4 is 5.73 Å². The third-order valence-corrected chi connectivity index (χ3v) is 6.64. The molecule has 0 amide bonds. The zero-order valence-electron chi connectivity index (χ0n) is 10.5. The lowest BCUT2D eigenvalue weighted by Crippen LogP contribution is -2.46. The summed E-state index contributed by atoms with van der Waals surface area (Å²) in [4.78, 5) is 0. The summed E-state index contributed by atoms with van der Waals surface area (Å²) in [5.41, 5.74) is 5.79. The van der Waals surface area contributed by atoms with E-state index in [1.165, 1.54) is 11.5 Å². The van der Waals surface area contributed by atoms with Gasteiger partial charge in [0.05, 0.1) is 5.60 Å². The van der Waals surface area contributed by atoms with Crippen molar-refractivity contribution >= 4 is 22.6 Å². The van der Waals surface area contributed by atoms with Crippen LogP contribution in [0.1, 0.15) is 32.6 Å². The Labute approximate surface area is 111 Å². The molecule has 5 heteroatoms. The van der Waals surface area contributed by atoms with E-state index in [0.29, 0.717) is 11.0 Å². The number of hydrogen-bond acceptors (Lipinski definition) is 4. The fourth-order valence-electron chi connectivity index (χ4n) is 2.69. The molecular formula is C12H23NO2S2. The Hall–Kier alpha value is 0.420. The fourth-order valence-corrected chi connectivity index (χ4v) is 5.57. The molecule has 100 valence electrons. The van der Waals surface area contributed by atoms with Crippen LogP contribution in [0.25, 0.3) is 0 Å². The zero-order valence-corrected chi connectivity index (χ0v) is 12.2. The van der Waals surface area contributed by atoms with Crippen molar-refractivity contribution in [1.82, 2.24) is 0 Å². The van der Waals surface area contributed by atoms with Crippen LogP contribution in [-0.4, -0.2) is 45.0 Å². The van der Waals surface area contributed by atoms with E-state index >= 15 is 0 Å². The van der Waals surface area contributed by atoms with Crippen LogP contribution >= 0.6 is 11.8 Å². The first-order chi connectivity index (χ1) is 8.11. The average Bonchev–Trinajstić information content (AvgIpc) is 2.29. The van der Waals surface area contributed by atoms with Gasteiger partial charge in [-0.15, -0.1) is 0 Å². The number of hydrogen-bond donors (Lipinski definition) is 1. The molecule has 2 rings (SSSR count). The first-order valence-electron chi connectivity index (χ1n) is 6.46. The van der Waals surface area contributed by atoms with Crippen LogP contribution in [0.2, 0.25) is 0 Å². The maximum Gasteiger partial charge on any atom is 0.0709 e. The third-order valence-electron chi connectivity index (χ3n) is 3.65. The number of thioether (sulfide) groups is 1. The highest BCUT2D eigenvalue weighted by molar-refractivity contribution is 7.99. The van der Waals surface area contributed by atoms with Gasteiger partial charge in [0.15, 0.2) is 0 Å². The second-order valence-corrected chi connectivity index (χ2v) is 8.27. The molecule has 0 saturated carbocycles. The molecule has 2 aliphatic rings. The Kier molecular flexibility index (Phi) is 4.92. The van der Waals surface area contributed by atoms with Crippen LogP contribution in [0.4, 0.5) is 0 Å². The molecule has 0 aromatic carbocycles. The van der Waals surface area contributed by atoms with E-state index in [2.05, 4.69) is 0 Å². The maximum atomic E-state index is 12.2. The minimum atomic E-state index is -0.776. The zero-order chi connectivity index (χ0) is 12.3. The largest absolute Gasteiger partial charge is 0.375 e. The molecule has 2 saturated heterocycles. The van der Waals surface area contributed by atoms with Crippen molar-refractivity contribution < 1.29 is 8.95 Å². The molecule has 3 nitrogen and oxygen atoms in total. The van der Waals surface area contributed by atoms with Crippen LogP contribution in [-0.2, 0) is 15.5 Å². The van der Waals surface area contributed by atoms with Crippen molar-refractivity contribution in [2.24, 2.45) is 5.73 Å². The summed E-state index contributed by atoms with van der Waals surface area (Å²) < 4.78 is 18.2. The summed E-state index contributed by atoms with van der Waals surface area (Å²) >= 11 is 2.01. The highest BCUT2D eigenvalue weighted by Gasteiger charge is 2.40.